The minimum absolute atomic E-state index is 0.0344. The third kappa shape index (κ3) is 3.40. The molecule has 1 aliphatic heterocycles. The first-order valence-electron chi connectivity index (χ1n) is 6.99. The van der Waals surface area contributed by atoms with Gasteiger partial charge < -0.3 is 0 Å². The number of carbonyl (C=O) groups excluding carboxylic acids is 1. The summed E-state index contributed by atoms with van der Waals surface area (Å²) in [4.78, 5) is 16.2. The molecule has 1 fully saturated rings. The largest absolute Gasteiger partial charge is 0.298 e. The van der Waals surface area contributed by atoms with Gasteiger partial charge in [-0.3, -0.25) is 10.1 Å². The van der Waals surface area contributed by atoms with Crippen molar-refractivity contribution in [2.45, 2.75) is 17.7 Å². The first kappa shape index (κ1) is 16.4. The molecule has 1 amide bonds. The van der Waals surface area contributed by atoms with Crippen molar-refractivity contribution in [3.63, 3.8) is 0 Å². The van der Waals surface area contributed by atoms with E-state index in [1.165, 1.54) is 33.8 Å². The van der Waals surface area contributed by atoms with Crippen LogP contribution in [0.5, 0.6) is 0 Å². The van der Waals surface area contributed by atoms with Crippen LogP contribution in [0.25, 0.3) is 0 Å². The quantitative estimate of drug-likeness (QED) is 0.896. The van der Waals surface area contributed by atoms with Crippen LogP contribution in [0.2, 0.25) is 5.02 Å². The van der Waals surface area contributed by atoms with Crippen LogP contribution in [0.3, 0.4) is 0 Å². The van der Waals surface area contributed by atoms with Crippen molar-refractivity contribution < 1.29 is 13.2 Å². The van der Waals surface area contributed by atoms with E-state index in [0.717, 1.165) is 12.8 Å². The summed E-state index contributed by atoms with van der Waals surface area (Å²) >= 11 is 7.34. The molecule has 2 heterocycles. The van der Waals surface area contributed by atoms with E-state index < -0.39 is 15.9 Å². The predicted molar refractivity (Wildman–Crippen MR) is 89.5 cm³/mol. The van der Waals surface area contributed by atoms with Crippen molar-refractivity contribution in [2.24, 2.45) is 0 Å². The lowest BCUT2D eigenvalue weighted by Gasteiger charge is -2.17. The molecule has 1 aliphatic rings. The SMILES string of the molecule is O=C(Nc1nccs1)c1ccc(Cl)c(S(=O)(=O)N2CCCC2)c1. The molecule has 1 saturated heterocycles. The highest BCUT2D eigenvalue weighted by atomic mass is 35.5. The number of anilines is 1. The van der Waals surface area contributed by atoms with E-state index >= 15 is 0 Å². The van der Waals surface area contributed by atoms with E-state index in [0.29, 0.717) is 18.2 Å². The third-order valence-corrected chi connectivity index (χ3v) is 6.60. The summed E-state index contributed by atoms with van der Waals surface area (Å²) in [5.74, 6) is -0.422. The fraction of sp³-hybridized carbons (Fsp3) is 0.286. The van der Waals surface area contributed by atoms with Gasteiger partial charge in [0.1, 0.15) is 4.90 Å². The molecule has 23 heavy (non-hydrogen) atoms. The van der Waals surface area contributed by atoms with Gasteiger partial charge in [0.2, 0.25) is 10.0 Å². The summed E-state index contributed by atoms with van der Waals surface area (Å²) in [5.41, 5.74) is 0.224. The van der Waals surface area contributed by atoms with Gasteiger partial charge in [-0.15, -0.1) is 11.3 Å². The maximum absolute atomic E-state index is 12.6. The van der Waals surface area contributed by atoms with E-state index in [9.17, 15) is 13.2 Å². The van der Waals surface area contributed by atoms with Crippen molar-refractivity contribution in [1.82, 2.24) is 9.29 Å². The van der Waals surface area contributed by atoms with Gasteiger partial charge >= 0.3 is 0 Å². The summed E-state index contributed by atoms with van der Waals surface area (Å²) in [6.45, 7) is 0.961. The number of aromatic nitrogens is 1. The summed E-state index contributed by atoms with van der Waals surface area (Å²) in [5, 5.41) is 4.93. The molecule has 0 aliphatic carbocycles. The Bertz CT molecular complexity index is 816. The number of thiazole rings is 1. The van der Waals surface area contributed by atoms with E-state index in [1.807, 2.05) is 0 Å². The van der Waals surface area contributed by atoms with Gasteiger partial charge in [0.05, 0.1) is 5.02 Å². The molecule has 6 nitrogen and oxygen atoms in total. The zero-order valence-electron chi connectivity index (χ0n) is 12.0. The lowest BCUT2D eigenvalue weighted by atomic mass is 10.2. The van der Waals surface area contributed by atoms with Gasteiger partial charge in [-0.2, -0.15) is 4.31 Å². The first-order valence-corrected chi connectivity index (χ1v) is 9.69. The number of sulfonamides is 1. The van der Waals surface area contributed by atoms with E-state index in [2.05, 4.69) is 10.3 Å². The molecule has 9 heteroatoms. The average molecular weight is 372 g/mol. The second kappa shape index (κ2) is 6.56. The summed E-state index contributed by atoms with van der Waals surface area (Å²) in [6.07, 6.45) is 3.24. The normalized spacial score (nSPS) is 15.7. The summed E-state index contributed by atoms with van der Waals surface area (Å²) in [6, 6.07) is 4.24. The Morgan fingerprint density at radius 2 is 2.04 bits per heavy atom. The molecule has 1 aromatic carbocycles. The Hall–Kier alpha value is -1.48. The van der Waals surface area contributed by atoms with Gasteiger partial charge in [0, 0.05) is 30.2 Å². The monoisotopic (exact) mass is 371 g/mol. The molecule has 0 atom stereocenters. The smallest absolute Gasteiger partial charge is 0.257 e. The predicted octanol–water partition coefficient (Wildman–Crippen LogP) is 2.83. The topological polar surface area (TPSA) is 79.4 Å². The number of benzene rings is 1. The highest BCUT2D eigenvalue weighted by Crippen LogP contribution is 2.28. The van der Waals surface area contributed by atoms with E-state index in [1.54, 1.807) is 11.6 Å². The average Bonchev–Trinajstić information content (AvgIpc) is 3.21. The molecule has 1 aromatic heterocycles. The lowest BCUT2D eigenvalue weighted by Crippen LogP contribution is -2.28. The van der Waals surface area contributed by atoms with Crippen molar-refractivity contribution >= 4 is 44.0 Å². The highest BCUT2D eigenvalue weighted by molar-refractivity contribution is 7.89. The van der Waals surface area contributed by atoms with E-state index in [-0.39, 0.29) is 15.5 Å². The number of nitrogens with one attached hydrogen (secondary N) is 1. The Balaban J connectivity index is 1.91. The number of rotatable bonds is 4. The molecule has 0 radical (unpaired) electrons. The maximum atomic E-state index is 12.6. The third-order valence-electron chi connectivity index (χ3n) is 3.53. The molecule has 3 rings (SSSR count). The Kier molecular flexibility index (Phi) is 4.67. The van der Waals surface area contributed by atoms with Gasteiger partial charge in [0.25, 0.3) is 5.91 Å². The molecule has 0 unspecified atom stereocenters. The standard InChI is InChI=1S/C14H14ClN3O3S2/c15-11-4-3-10(13(19)17-14-16-5-8-22-14)9-12(11)23(20,21)18-6-1-2-7-18/h3-5,8-9H,1-2,6-7H2,(H,16,17,19). The van der Waals surface area contributed by atoms with Crippen LogP contribution in [0.1, 0.15) is 23.2 Å². The second-order valence-electron chi connectivity index (χ2n) is 5.05. The number of amides is 1. The fourth-order valence-corrected chi connectivity index (χ4v) is 4.91. The van der Waals surface area contributed by atoms with Crippen molar-refractivity contribution in [2.75, 3.05) is 18.4 Å². The second-order valence-corrected chi connectivity index (χ2v) is 8.26. The van der Waals surface area contributed by atoms with Crippen molar-refractivity contribution in [3.05, 3.63) is 40.4 Å². The van der Waals surface area contributed by atoms with Crippen LogP contribution in [0, 0.1) is 0 Å². The van der Waals surface area contributed by atoms with Crippen molar-refractivity contribution in [1.29, 1.82) is 0 Å². The molecule has 0 spiro atoms. The van der Waals surface area contributed by atoms with Crippen LogP contribution >= 0.6 is 22.9 Å². The number of nitrogens with zero attached hydrogens (tertiary/aromatic N) is 2. The molecule has 0 bridgehead atoms. The van der Waals surface area contributed by atoms with Crippen LogP contribution in [-0.2, 0) is 10.0 Å². The van der Waals surface area contributed by atoms with Gasteiger partial charge in [-0.1, -0.05) is 11.6 Å². The zero-order chi connectivity index (χ0) is 16.4. The van der Waals surface area contributed by atoms with Crippen molar-refractivity contribution in [3.8, 4) is 0 Å². The number of hydrogen-bond acceptors (Lipinski definition) is 5. The van der Waals surface area contributed by atoms with E-state index in [4.69, 9.17) is 11.6 Å². The number of carbonyl (C=O) groups is 1. The summed E-state index contributed by atoms with van der Waals surface area (Å²) in [7, 11) is -3.68. The zero-order valence-corrected chi connectivity index (χ0v) is 14.4. The molecule has 122 valence electrons. The molecular formula is C14H14ClN3O3S2. The highest BCUT2D eigenvalue weighted by Gasteiger charge is 2.29. The number of hydrogen-bond donors (Lipinski definition) is 1. The van der Waals surface area contributed by atoms with Crippen LogP contribution in [0.15, 0.2) is 34.7 Å². The minimum Gasteiger partial charge on any atom is -0.298 e. The van der Waals surface area contributed by atoms with Gasteiger partial charge in [0.15, 0.2) is 5.13 Å². The summed E-state index contributed by atoms with van der Waals surface area (Å²) < 4.78 is 26.7. The first-order chi connectivity index (χ1) is 11.0. The van der Waals surface area contributed by atoms with Gasteiger partial charge in [-0.05, 0) is 31.0 Å². The molecule has 2 aromatic rings. The Morgan fingerprint density at radius 3 is 2.70 bits per heavy atom. The minimum atomic E-state index is -3.68. The lowest BCUT2D eigenvalue weighted by molar-refractivity contribution is 0.102. The molecule has 1 N–H and O–H groups in total. The maximum Gasteiger partial charge on any atom is 0.257 e. The Morgan fingerprint density at radius 1 is 1.30 bits per heavy atom. The fourth-order valence-electron chi connectivity index (χ4n) is 2.36. The van der Waals surface area contributed by atoms with Crippen LogP contribution in [0.4, 0.5) is 5.13 Å². The Labute approximate surface area is 143 Å². The molecular weight excluding hydrogens is 358 g/mol. The molecule has 0 saturated carbocycles. The van der Waals surface area contributed by atoms with Crippen LogP contribution in [-0.4, -0.2) is 36.7 Å². The number of halogens is 1. The van der Waals surface area contributed by atoms with Gasteiger partial charge in [-0.25, -0.2) is 13.4 Å². The van der Waals surface area contributed by atoms with Crippen LogP contribution < -0.4 is 5.32 Å².